The molecule has 0 spiro atoms. The van der Waals surface area contributed by atoms with Crippen LogP contribution < -0.4 is 10.6 Å². The van der Waals surface area contributed by atoms with Gasteiger partial charge in [-0.25, -0.2) is 0 Å². The van der Waals surface area contributed by atoms with Crippen LogP contribution in [-0.2, 0) is 0 Å². The molecule has 0 unspecified atom stereocenters. The fourth-order valence-electron chi connectivity index (χ4n) is 1.99. The number of nitrogens with two attached hydrogens (primary N) is 1. The van der Waals surface area contributed by atoms with Crippen molar-refractivity contribution in [2.75, 3.05) is 11.4 Å². The first-order valence-corrected chi connectivity index (χ1v) is 5.92. The lowest BCUT2D eigenvalue weighted by atomic mass is 10.1. The molecular formula is C12H16ClN3. The molecule has 2 rings (SSSR count). The van der Waals surface area contributed by atoms with E-state index in [1.54, 1.807) is 6.07 Å². The summed E-state index contributed by atoms with van der Waals surface area (Å²) in [7, 11) is 0. The van der Waals surface area contributed by atoms with E-state index in [1.165, 1.54) is 12.8 Å². The average molecular weight is 238 g/mol. The Bertz CT molecular complexity index is 413. The van der Waals surface area contributed by atoms with Crippen LogP contribution in [0.3, 0.4) is 0 Å². The molecule has 3 N–H and O–H groups in total. The standard InChI is InChI=1S/C12H16ClN3/c1-2-16(9-4-5-9)11-6-3-8(13)7-10(11)12(14)15/h3,6-7,9H,2,4-5H2,1H3,(H3,14,15). The third kappa shape index (κ3) is 2.14. The van der Waals surface area contributed by atoms with Gasteiger partial charge < -0.3 is 10.6 Å². The Morgan fingerprint density at radius 2 is 2.25 bits per heavy atom. The predicted octanol–water partition coefficient (Wildman–Crippen LogP) is 2.61. The number of halogens is 1. The van der Waals surface area contributed by atoms with Crippen molar-refractivity contribution in [3.63, 3.8) is 0 Å². The van der Waals surface area contributed by atoms with E-state index in [2.05, 4.69) is 11.8 Å². The van der Waals surface area contributed by atoms with Crippen molar-refractivity contribution in [3.05, 3.63) is 28.8 Å². The fourth-order valence-corrected chi connectivity index (χ4v) is 2.16. The lowest BCUT2D eigenvalue weighted by Crippen LogP contribution is -2.28. The minimum Gasteiger partial charge on any atom is -0.384 e. The molecule has 1 saturated carbocycles. The van der Waals surface area contributed by atoms with Crippen LogP contribution >= 0.6 is 11.6 Å². The van der Waals surface area contributed by atoms with Gasteiger partial charge in [-0.15, -0.1) is 0 Å². The van der Waals surface area contributed by atoms with E-state index in [0.717, 1.165) is 17.8 Å². The van der Waals surface area contributed by atoms with Crippen LogP contribution in [0.2, 0.25) is 5.02 Å². The lowest BCUT2D eigenvalue weighted by molar-refractivity contribution is 0.825. The zero-order chi connectivity index (χ0) is 11.7. The number of hydrogen-bond donors (Lipinski definition) is 2. The molecule has 4 heteroatoms. The maximum Gasteiger partial charge on any atom is 0.124 e. The van der Waals surface area contributed by atoms with E-state index < -0.39 is 0 Å². The highest BCUT2D eigenvalue weighted by atomic mass is 35.5. The molecule has 86 valence electrons. The SMILES string of the molecule is CCN(c1ccc(Cl)cc1C(=N)N)C1CC1. The Morgan fingerprint density at radius 3 is 2.75 bits per heavy atom. The first-order valence-electron chi connectivity index (χ1n) is 5.54. The predicted molar refractivity (Wildman–Crippen MR) is 68.5 cm³/mol. The third-order valence-electron chi connectivity index (χ3n) is 2.89. The van der Waals surface area contributed by atoms with Gasteiger partial charge >= 0.3 is 0 Å². The molecule has 3 nitrogen and oxygen atoms in total. The summed E-state index contributed by atoms with van der Waals surface area (Å²) < 4.78 is 0. The number of benzene rings is 1. The molecule has 1 aliphatic rings. The van der Waals surface area contributed by atoms with Gasteiger partial charge in [0.1, 0.15) is 5.84 Å². The summed E-state index contributed by atoms with van der Waals surface area (Å²) in [5, 5.41) is 8.22. The molecule has 0 aromatic heterocycles. The van der Waals surface area contributed by atoms with E-state index in [9.17, 15) is 0 Å². The highest BCUT2D eigenvalue weighted by Gasteiger charge is 2.29. The minimum absolute atomic E-state index is 0.0802. The Hall–Kier alpha value is -1.22. The van der Waals surface area contributed by atoms with Crippen molar-refractivity contribution in [2.24, 2.45) is 5.73 Å². The molecule has 1 fully saturated rings. The Balaban J connectivity index is 2.41. The van der Waals surface area contributed by atoms with Crippen LogP contribution in [0, 0.1) is 5.41 Å². The molecule has 0 heterocycles. The molecule has 16 heavy (non-hydrogen) atoms. The summed E-state index contributed by atoms with van der Waals surface area (Å²) in [5.41, 5.74) is 7.36. The zero-order valence-corrected chi connectivity index (χ0v) is 10.1. The van der Waals surface area contributed by atoms with Crippen molar-refractivity contribution in [2.45, 2.75) is 25.8 Å². The van der Waals surface area contributed by atoms with Gasteiger partial charge in [0.15, 0.2) is 0 Å². The van der Waals surface area contributed by atoms with Crippen molar-refractivity contribution in [3.8, 4) is 0 Å². The number of nitrogens with one attached hydrogen (secondary N) is 1. The Kier molecular flexibility index (Phi) is 3.06. The lowest BCUT2D eigenvalue weighted by Gasteiger charge is -2.25. The molecule has 0 atom stereocenters. The summed E-state index contributed by atoms with van der Waals surface area (Å²) in [6.45, 7) is 3.06. The molecule has 0 aliphatic heterocycles. The zero-order valence-electron chi connectivity index (χ0n) is 9.33. The first-order chi connectivity index (χ1) is 7.63. The first kappa shape index (κ1) is 11.3. The highest BCUT2D eigenvalue weighted by Crippen LogP contribution is 2.34. The highest BCUT2D eigenvalue weighted by molar-refractivity contribution is 6.31. The maximum atomic E-state index is 7.60. The quantitative estimate of drug-likeness (QED) is 0.625. The minimum atomic E-state index is 0.0802. The molecule has 0 saturated heterocycles. The number of nitrogens with zero attached hydrogens (tertiary/aromatic N) is 1. The molecule has 0 amide bonds. The van der Waals surface area contributed by atoms with Crippen LogP contribution in [0.4, 0.5) is 5.69 Å². The largest absolute Gasteiger partial charge is 0.384 e. The van der Waals surface area contributed by atoms with Gasteiger partial charge in [0, 0.05) is 28.9 Å². The van der Waals surface area contributed by atoms with Crippen molar-refractivity contribution in [1.29, 1.82) is 5.41 Å². The second-order valence-corrected chi connectivity index (χ2v) is 4.53. The molecule has 0 radical (unpaired) electrons. The van der Waals surface area contributed by atoms with Crippen molar-refractivity contribution >= 4 is 23.1 Å². The molecule has 1 aromatic carbocycles. The number of rotatable bonds is 4. The smallest absolute Gasteiger partial charge is 0.124 e. The summed E-state index contributed by atoms with van der Waals surface area (Å²) in [6.07, 6.45) is 2.46. The monoisotopic (exact) mass is 237 g/mol. The van der Waals surface area contributed by atoms with Crippen LogP contribution in [0.5, 0.6) is 0 Å². The van der Waals surface area contributed by atoms with Crippen LogP contribution in [0.1, 0.15) is 25.3 Å². The van der Waals surface area contributed by atoms with Crippen molar-refractivity contribution in [1.82, 2.24) is 0 Å². The van der Waals surface area contributed by atoms with E-state index in [1.807, 2.05) is 12.1 Å². The van der Waals surface area contributed by atoms with Gasteiger partial charge in [-0.3, -0.25) is 5.41 Å². The Morgan fingerprint density at radius 1 is 1.56 bits per heavy atom. The summed E-state index contributed by atoms with van der Waals surface area (Å²) in [6, 6.07) is 6.20. The average Bonchev–Trinajstić information content (AvgIpc) is 3.05. The van der Waals surface area contributed by atoms with E-state index in [4.69, 9.17) is 22.7 Å². The molecular weight excluding hydrogens is 222 g/mol. The molecule has 1 aliphatic carbocycles. The Labute approximate surface area is 101 Å². The van der Waals surface area contributed by atoms with Crippen LogP contribution in [-0.4, -0.2) is 18.4 Å². The van der Waals surface area contributed by atoms with E-state index >= 15 is 0 Å². The van der Waals surface area contributed by atoms with E-state index in [-0.39, 0.29) is 5.84 Å². The number of amidine groups is 1. The molecule has 1 aromatic rings. The maximum absolute atomic E-state index is 7.60. The number of nitrogen functional groups attached to an aromatic ring is 1. The van der Waals surface area contributed by atoms with Gasteiger partial charge in [-0.05, 0) is 38.0 Å². The fraction of sp³-hybridized carbons (Fsp3) is 0.417. The van der Waals surface area contributed by atoms with Gasteiger partial charge in [0.05, 0.1) is 0 Å². The third-order valence-corrected chi connectivity index (χ3v) is 3.12. The van der Waals surface area contributed by atoms with Crippen molar-refractivity contribution < 1.29 is 0 Å². The second kappa shape index (κ2) is 4.34. The topological polar surface area (TPSA) is 53.1 Å². The van der Waals surface area contributed by atoms with Crippen LogP contribution in [0.25, 0.3) is 0 Å². The summed E-state index contributed by atoms with van der Waals surface area (Å²) >= 11 is 5.93. The van der Waals surface area contributed by atoms with Gasteiger partial charge in [0.25, 0.3) is 0 Å². The number of anilines is 1. The number of hydrogen-bond acceptors (Lipinski definition) is 2. The van der Waals surface area contributed by atoms with Crippen LogP contribution in [0.15, 0.2) is 18.2 Å². The normalized spacial score (nSPS) is 14.9. The summed E-state index contributed by atoms with van der Waals surface area (Å²) in [4.78, 5) is 2.30. The van der Waals surface area contributed by atoms with E-state index in [0.29, 0.717) is 11.1 Å². The summed E-state index contributed by atoms with van der Waals surface area (Å²) in [5.74, 6) is 0.0802. The second-order valence-electron chi connectivity index (χ2n) is 4.09. The molecule has 0 bridgehead atoms. The van der Waals surface area contributed by atoms with Gasteiger partial charge in [-0.2, -0.15) is 0 Å². The van der Waals surface area contributed by atoms with Gasteiger partial charge in [0.2, 0.25) is 0 Å². The van der Waals surface area contributed by atoms with Gasteiger partial charge in [-0.1, -0.05) is 11.6 Å².